The van der Waals surface area contributed by atoms with E-state index in [0.717, 1.165) is 17.0 Å². The summed E-state index contributed by atoms with van der Waals surface area (Å²) in [7, 11) is 1.41. The van der Waals surface area contributed by atoms with Gasteiger partial charge in [-0.15, -0.1) is 0 Å². The second kappa shape index (κ2) is 13.1. The highest BCUT2D eigenvalue weighted by atomic mass is 19.4. The molecule has 0 bridgehead atoms. The number of aliphatic imine (C=N–C) groups is 1. The highest BCUT2D eigenvalue weighted by Gasteiger charge is 2.46. The summed E-state index contributed by atoms with van der Waals surface area (Å²) in [5.41, 5.74) is 6.73. The van der Waals surface area contributed by atoms with Gasteiger partial charge >= 0.3 is 12.0 Å². The lowest BCUT2D eigenvalue weighted by atomic mass is 10.0. The van der Waals surface area contributed by atoms with Crippen molar-refractivity contribution in [1.82, 2.24) is 14.9 Å². The summed E-state index contributed by atoms with van der Waals surface area (Å²) in [6, 6.07) is 3.20. The average molecular weight is 617 g/mol. The number of hydrogen-bond acceptors (Lipinski definition) is 7. The number of rotatable bonds is 5. The molecule has 43 heavy (non-hydrogen) atoms. The molecule has 1 saturated heterocycles. The van der Waals surface area contributed by atoms with Crippen molar-refractivity contribution in [3.05, 3.63) is 76.5 Å². The number of nitrogens with two attached hydrogens (primary N) is 1. The molecule has 0 saturated carbocycles. The van der Waals surface area contributed by atoms with Gasteiger partial charge in [0, 0.05) is 37.8 Å². The minimum atomic E-state index is -5.05. The number of ketones is 1. The maximum absolute atomic E-state index is 14.7. The van der Waals surface area contributed by atoms with Gasteiger partial charge in [0.2, 0.25) is 17.4 Å². The molecule has 1 fully saturated rings. The van der Waals surface area contributed by atoms with E-state index in [0.29, 0.717) is 17.7 Å². The highest BCUT2D eigenvalue weighted by molar-refractivity contribution is 6.38. The standard InChI is InChI=1S/C19H13F5N4O.C8H10F3NO2/c1-8-14(19(25)28-7-27-8)17(26-2)10-4-3-9(5-11(10)20)29-18-15(23)12(21)6-13(22)16(18)24;1-5-2-3-12(4-5)7(14)6(13)8(9,10)11/h3-7H,1-2H3,(H2,25,27,28);5H,2-4H2,1H3. The summed E-state index contributed by atoms with van der Waals surface area (Å²) in [6.07, 6.45) is -3.16. The normalized spacial score (nSPS) is 15.2. The van der Waals surface area contributed by atoms with Gasteiger partial charge in [-0.05, 0) is 31.4 Å². The van der Waals surface area contributed by atoms with Gasteiger partial charge < -0.3 is 15.4 Å². The number of alkyl halides is 3. The summed E-state index contributed by atoms with van der Waals surface area (Å²) < 4.78 is 109. The van der Waals surface area contributed by atoms with Crippen LogP contribution >= 0.6 is 0 Å². The van der Waals surface area contributed by atoms with Crippen LogP contribution in [0.4, 0.5) is 40.9 Å². The molecule has 4 rings (SSSR count). The number of nitrogen functional groups attached to an aromatic ring is 1. The Bertz CT molecular complexity index is 1530. The van der Waals surface area contributed by atoms with Gasteiger partial charge in [0.1, 0.15) is 23.7 Å². The van der Waals surface area contributed by atoms with Gasteiger partial charge in [0.15, 0.2) is 11.6 Å². The Hall–Kier alpha value is -4.63. The van der Waals surface area contributed by atoms with Crippen molar-refractivity contribution < 1.29 is 49.4 Å². The van der Waals surface area contributed by atoms with Crippen LogP contribution in [-0.2, 0) is 9.59 Å². The molecular formula is C27H23F8N5O3. The third-order valence-electron chi connectivity index (χ3n) is 6.18. The summed E-state index contributed by atoms with van der Waals surface area (Å²) >= 11 is 0. The minimum absolute atomic E-state index is 0.0178. The summed E-state index contributed by atoms with van der Waals surface area (Å²) in [5, 5.41) is 0. The molecule has 2 heterocycles. The number of carbonyl (C=O) groups is 2. The molecule has 16 heteroatoms. The molecular weight excluding hydrogens is 594 g/mol. The molecule has 1 unspecified atom stereocenters. The molecule has 8 nitrogen and oxygen atoms in total. The number of nitrogens with zero attached hydrogens (tertiary/aromatic N) is 4. The number of Topliss-reactive ketones (excluding diaryl/α,β-unsaturated/α-hetero) is 1. The summed E-state index contributed by atoms with van der Waals surface area (Å²) in [6.45, 7) is 3.94. The van der Waals surface area contributed by atoms with E-state index in [-0.39, 0.29) is 42.2 Å². The molecule has 1 atom stereocenters. The lowest BCUT2D eigenvalue weighted by Gasteiger charge is -2.15. The van der Waals surface area contributed by atoms with E-state index < -0.39 is 58.5 Å². The number of anilines is 1. The van der Waals surface area contributed by atoms with Crippen molar-refractivity contribution >= 4 is 23.2 Å². The van der Waals surface area contributed by atoms with Crippen molar-refractivity contribution in [3.8, 4) is 11.5 Å². The molecule has 3 aromatic rings. The van der Waals surface area contributed by atoms with Crippen molar-refractivity contribution in [1.29, 1.82) is 0 Å². The van der Waals surface area contributed by atoms with Crippen LogP contribution in [0, 0.1) is 41.9 Å². The predicted molar refractivity (Wildman–Crippen MR) is 137 cm³/mol. The first-order valence-electron chi connectivity index (χ1n) is 12.3. The lowest BCUT2D eigenvalue weighted by Crippen LogP contribution is -2.41. The Morgan fingerprint density at radius 2 is 1.65 bits per heavy atom. The minimum Gasteiger partial charge on any atom is -0.451 e. The fraction of sp³-hybridized carbons (Fsp3) is 0.296. The van der Waals surface area contributed by atoms with Gasteiger partial charge in [-0.25, -0.2) is 23.1 Å². The monoisotopic (exact) mass is 617 g/mol. The molecule has 230 valence electrons. The highest BCUT2D eigenvalue weighted by Crippen LogP contribution is 2.32. The predicted octanol–water partition coefficient (Wildman–Crippen LogP) is 5.31. The number of carbonyl (C=O) groups excluding carboxylic acids is 2. The van der Waals surface area contributed by atoms with Crippen molar-refractivity contribution in [2.24, 2.45) is 10.9 Å². The third kappa shape index (κ3) is 7.42. The van der Waals surface area contributed by atoms with E-state index in [2.05, 4.69) is 15.0 Å². The lowest BCUT2D eigenvalue weighted by molar-refractivity contribution is -0.178. The zero-order chi connectivity index (χ0) is 32.2. The maximum Gasteiger partial charge on any atom is 0.460 e. The molecule has 1 amide bonds. The molecule has 1 aromatic heterocycles. The van der Waals surface area contributed by atoms with E-state index in [1.54, 1.807) is 6.92 Å². The number of likely N-dealkylation sites (tertiary alicyclic amines) is 1. The smallest absolute Gasteiger partial charge is 0.451 e. The average Bonchev–Trinajstić information content (AvgIpc) is 3.38. The number of amides is 1. The number of aryl methyl sites for hydroxylation is 1. The van der Waals surface area contributed by atoms with E-state index in [4.69, 9.17) is 10.5 Å². The Morgan fingerprint density at radius 1 is 1.02 bits per heavy atom. The fourth-order valence-electron chi connectivity index (χ4n) is 4.05. The zero-order valence-electron chi connectivity index (χ0n) is 22.7. The van der Waals surface area contributed by atoms with Crippen LogP contribution in [0.2, 0.25) is 0 Å². The van der Waals surface area contributed by atoms with Crippen LogP contribution in [0.1, 0.15) is 30.2 Å². The van der Waals surface area contributed by atoms with Crippen LogP contribution in [0.3, 0.4) is 0 Å². The first-order chi connectivity index (χ1) is 20.1. The summed E-state index contributed by atoms with van der Waals surface area (Å²) in [4.78, 5) is 34.4. The number of benzene rings is 2. The van der Waals surface area contributed by atoms with Gasteiger partial charge in [-0.3, -0.25) is 14.6 Å². The van der Waals surface area contributed by atoms with Crippen molar-refractivity contribution in [2.75, 3.05) is 25.9 Å². The molecule has 0 spiro atoms. The first kappa shape index (κ1) is 32.9. The number of ether oxygens (including phenoxy) is 1. The first-order valence-corrected chi connectivity index (χ1v) is 12.3. The summed E-state index contributed by atoms with van der Waals surface area (Å²) in [5.74, 6) is -12.8. The SMILES string of the molecule is CC1CCN(C(=O)C(=O)C(F)(F)F)C1.CN=C(c1ccc(Oc2c(F)c(F)cc(F)c2F)cc1F)c1c(C)ncnc1N. The molecule has 2 N–H and O–H groups in total. The van der Waals surface area contributed by atoms with Crippen LogP contribution in [0.5, 0.6) is 11.5 Å². The second-order valence-electron chi connectivity index (χ2n) is 9.30. The largest absolute Gasteiger partial charge is 0.460 e. The van der Waals surface area contributed by atoms with E-state index in [1.165, 1.54) is 19.4 Å². The Labute approximate surface area is 239 Å². The van der Waals surface area contributed by atoms with Gasteiger partial charge in [-0.1, -0.05) is 6.92 Å². The third-order valence-corrected chi connectivity index (χ3v) is 6.18. The molecule has 1 aliphatic heterocycles. The van der Waals surface area contributed by atoms with Gasteiger partial charge in [0.25, 0.3) is 5.91 Å². The van der Waals surface area contributed by atoms with Crippen LogP contribution < -0.4 is 10.5 Å². The Balaban J connectivity index is 0.000000303. The molecule has 0 radical (unpaired) electrons. The van der Waals surface area contributed by atoms with Crippen molar-refractivity contribution in [3.63, 3.8) is 0 Å². The van der Waals surface area contributed by atoms with E-state index in [9.17, 15) is 44.7 Å². The topological polar surface area (TPSA) is 111 Å². The number of hydrogen-bond donors (Lipinski definition) is 1. The van der Waals surface area contributed by atoms with Crippen LogP contribution in [-0.4, -0.2) is 58.6 Å². The van der Waals surface area contributed by atoms with Crippen molar-refractivity contribution in [2.45, 2.75) is 26.4 Å². The number of aromatic nitrogens is 2. The van der Waals surface area contributed by atoms with Crippen LogP contribution in [0.15, 0.2) is 35.6 Å². The molecule has 1 aliphatic rings. The maximum atomic E-state index is 14.7. The second-order valence-corrected chi connectivity index (χ2v) is 9.30. The van der Waals surface area contributed by atoms with E-state index >= 15 is 0 Å². The van der Waals surface area contributed by atoms with Gasteiger partial charge in [-0.2, -0.15) is 22.0 Å². The van der Waals surface area contributed by atoms with Gasteiger partial charge in [0.05, 0.1) is 17.0 Å². The Kier molecular flexibility index (Phi) is 10.0. The molecule has 2 aromatic carbocycles. The zero-order valence-corrected chi connectivity index (χ0v) is 22.7. The number of halogens is 8. The Morgan fingerprint density at radius 3 is 2.14 bits per heavy atom. The fourth-order valence-corrected chi connectivity index (χ4v) is 4.05. The van der Waals surface area contributed by atoms with E-state index in [1.807, 2.05) is 6.92 Å². The molecule has 0 aliphatic carbocycles. The van der Waals surface area contributed by atoms with Crippen LogP contribution in [0.25, 0.3) is 0 Å². The quantitative estimate of drug-likeness (QED) is 0.180.